The van der Waals surface area contributed by atoms with Gasteiger partial charge in [-0.3, -0.25) is 4.79 Å². The molecule has 1 heterocycles. The summed E-state index contributed by atoms with van der Waals surface area (Å²) in [7, 11) is 0. The first kappa shape index (κ1) is 60.2. The predicted octanol–water partition coefficient (Wildman–Crippen LogP) is 13.3. The van der Waals surface area contributed by atoms with E-state index >= 15 is 0 Å². The van der Waals surface area contributed by atoms with Gasteiger partial charge in [0.25, 0.3) is 0 Å². The van der Waals surface area contributed by atoms with E-state index in [2.05, 4.69) is 62.5 Å². The van der Waals surface area contributed by atoms with Gasteiger partial charge < -0.3 is 39.4 Å². The number of ether oxygens (including phenoxy) is 4. The summed E-state index contributed by atoms with van der Waals surface area (Å²) in [6.45, 7) is 4.47. The molecule has 1 rings (SSSR count). The molecule has 0 bridgehead atoms. The van der Waals surface area contributed by atoms with Crippen molar-refractivity contribution in [2.75, 3.05) is 26.4 Å². The van der Waals surface area contributed by atoms with Crippen molar-refractivity contribution in [2.24, 2.45) is 0 Å². The molecule has 1 fully saturated rings. The highest BCUT2D eigenvalue weighted by atomic mass is 16.7. The molecule has 1 saturated heterocycles. The number of rotatable bonds is 46. The van der Waals surface area contributed by atoms with Gasteiger partial charge in [-0.1, -0.05) is 223 Å². The van der Waals surface area contributed by atoms with Gasteiger partial charge in [0.2, 0.25) is 0 Å². The SMILES string of the molecule is CC/C=C\C/C=C\C/C=C\C/C=C\CCCCCCCCCCCOCC(COC1OC(CO)C(O)C(O)C1O)OC(=O)CCCCCCCCCCCCCCCCCCCCC. The third-order valence-electron chi connectivity index (χ3n) is 12.3. The van der Waals surface area contributed by atoms with Gasteiger partial charge in [0.15, 0.2) is 6.29 Å². The van der Waals surface area contributed by atoms with Crippen LogP contribution in [0.25, 0.3) is 0 Å². The van der Waals surface area contributed by atoms with Gasteiger partial charge in [-0.2, -0.15) is 0 Å². The van der Waals surface area contributed by atoms with Crippen LogP contribution in [-0.2, 0) is 23.7 Å². The summed E-state index contributed by atoms with van der Waals surface area (Å²) in [6.07, 6.45) is 51.4. The van der Waals surface area contributed by atoms with Crippen molar-refractivity contribution in [1.82, 2.24) is 0 Å². The van der Waals surface area contributed by atoms with Crippen LogP contribution in [0.15, 0.2) is 48.6 Å². The number of aliphatic hydroxyl groups excluding tert-OH is 4. The summed E-state index contributed by atoms with van der Waals surface area (Å²) in [4.78, 5) is 12.9. The summed E-state index contributed by atoms with van der Waals surface area (Å²) < 4.78 is 22.9. The van der Waals surface area contributed by atoms with E-state index in [1.54, 1.807) is 0 Å². The van der Waals surface area contributed by atoms with Crippen LogP contribution in [0.3, 0.4) is 0 Å². The molecule has 9 heteroatoms. The van der Waals surface area contributed by atoms with Crippen LogP contribution in [0, 0.1) is 0 Å². The number of carbonyl (C=O) groups is 1. The van der Waals surface area contributed by atoms with Crippen molar-refractivity contribution in [3.05, 3.63) is 48.6 Å². The maximum Gasteiger partial charge on any atom is 0.306 e. The third-order valence-corrected chi connectivity index (χ3v) is 12.3. The molecule has 0 saturated carbocycles. The Bertz CT molecular complexity index is 1120. The molecule has 0 spiro atoms. The monoisotopic (exact) mass is 905 g/mol. The molecule has 1 aliphatic rings. The van der Waals surface area contributed by atoms with Gasteiger partial charge in [0, 0.05) is 13.0 Å². The number of hydrogen-bond acceptors (Lipinski definition) is 9. The lowest BCUT2D eigenvalue weighted by molar-refractivity contribution is -0.305. The zero-order valence-corrected chi connectivity index (χ0v) is 41.3. The lowest BCUT2D eigenvalue weighted by Gasteiger charge is -2.39. The number of hydrogen-bond donors (Lipinski definition) is 4. The number of allylic oxidation sites excluding steroid dienone is 8. The quantitative estimate of drug-likeness (QED) is 0.0267. The van der Waals surface area contributed by atoms with Crippen molar-refractivity contribution >= 4 is 5.97 Å². The highest BCUT2D eigenvalue weighted by Gasteiger charge is 2.44. The molecule has 0 aromatic rings. The first-order valence-electron chi connectivity index (χ1n) is 26.7. The molecule has 9 nitrogen and oxygen atoms in total. The Morgan fingerprint density at radius 1 is 0.516 bits per heavy atom. The van der Waals surface area contributed by atoms with Gasteiger partial charge in [0.05, 0.1) is 19.8 Å². The van der Waals surface area contributed by atoms with Crippen molar-refractivity contribution in [3.63, 3.8) is 0 Å². The Morgan fingerprint density at radius 3 is 1.44 bits per heavy atom. The molecule has 6 atom stereocenters. The van der Waals surface area contributed by atoms with E-state index in [0.29, 0.717) is 13.0 Å². The second-order valence-corrected chi connectivity index (χ2v) is 18.3. The fraction of sp³-hybridized carbons (Fsp3) is 0.836. The Kier molecular flexibility index (Phi) is 43.5. The number of aliphatic hydroxyl groups is 4. The molecule has 0 radical (unpaired) electrons. The van der Waals surface area contributed by atoms with E-state index in [1.807, 2.05) is 0 Å². The lowest BCUT2D eigenvalue weighted by Crippen LogP contribution is -2.59. The fourth-order valence-electron chi connectivity index (χ4n) is 8.13. The lowest BCUT2D eigenvalue weighted by atomic mass is 9.99. The summed E-state index contributed by atoms with van der Waals surface area (Å²) in [6, 6.07) is 0. The van der Waals surface area contributed by atoms with Gasteiger partial charge in [0.1, 0.15) is 30.5 Å². The summed E-state index contributed by atoms with van der Waals surface area (Å²) >= 11 is 0. The smallest absolute Gasteiger partial charge is 0.306 e. The van der Waals surface area contributed by atoms with E-state index in [1.165, 1.54) is 148 Å². The molecule has 0 aromatic heterocycles. The highest BCUT2D eigenvalue weighted by Crippen LogP contribution is 2.23. The Labute approximate surface area is 392 Å². The third kappa shape index (κ3) is 36.3. The molecule has 4 N–H and O–H groups in total. The molecule has 0 aromatic carbocycles. The number of carbonyl (C=O) groups excluding carboxylic acids is 1. The molecule has 0 amide bonds. The average molecular weight is 905 g/mol. The van der Waals surface area contributed by atoms with E-state index in [0.717, 1.165) is 64.2 Å². The second-order valence-electron chi connectivity index (χ2n) is 18.3. The largest absolute Gasteiger partial charge is 0.457 e. The van der Waals surface area contributed by atoms with Crippen molar-refractivity contribution in [2.45, 2.75) is 269 Å². The van der Waals surface area contributed by atoms with E-state index < -0.39 is 43.4 Å². The van der Waals surface area contributed by atoms with Gasteiger partial charge in [-0.05, 0) is 51.4 Å². The van der Waals surface area contributed by atoms with Crippen LogP contribution < -0.4 is 0 Å². The average Bonchev–Trinajstić information content (AvgIpc) is 3.30. The second kappa shape index (κ2) is 46.3. The molecule has 6 unspecified atom stereocenters. The first-order valence-corrected chi connectivity index (χ1v) is 26.7. The molecular formula is C55H100O9. The molecule has 1 aliphatic heterocycles. The summed E-state index contributed by atoms with van der Waals surface area (Å²) in [5, 5.41) is 40.3. The Morgan fingerprint density at radius 2 is 0.953 bits per heavy atom. The highest BCUT2D eigenvalue weighted by molar-refractivity contribution is 5.69. The zero-order chi connectivity index (χ0) is 46.4. The van der Waals surface area contributed by atoms with E-state index in [-0.39, 0.29) is 19.2 Å². The van der Waals surface area contributed by atoms with Gasteiger partial charge in [-0.25, -0.2) is 0 Å². The summed E-state index contributed by atoms with van der Waals surface area (Å²) in [5.41, 5.74) is 0. The minimum absolute atomic E-state index is 0.114. The minimum atomic E-state index is -1.54. The van der Waals surface area contributed by atoms with Gasteiger partial charge >= 0.3 is 5.97 Å². The van der Waals surface area contributed by atoms with E-state index in [9.17, 15) is 25.2 Å². The Hall–Kier alpha value is -1.85. The Balaban J connectivity index is 2.19. The van der Waals surface area contributed by atoms with Crippen LogP contribution in [-0.4, -0.2) is 89.6 Å². The summed E-state index contributed by atoms with van der Waals surface area (Å²) in [5.74, 6) is -0.312. The van der Waals surface area contributed by atoms with Crippen molar-refractivity contribution < 1.29 is 44.2 Å². The maximum absolute atomic E-state index is 12.9. The normalized spacial score (nSPS) is 19.9. The maximum atomic E-state index is 12.9. The topological polar surface area (TPSA) is 135 Å². The van der Waals surface area contributed by atoms with Crippen LogP contribution in [0.2, 0.25) is 0 Å². The van der Waals surface area contributed by atoms with Crippen LogP contribution in [0.4, 0.5) is 0 Å². The van der Waals surface area contributed by atoms with Crippen molar-refractivity contribution in [3.8, 4) is 0 Å². The molecule has 0 aliphatic carbocycles. The zero-order valence-electron chi connectivity index (χ0n) is 41.3. The van der Waals surface area contributed by atoms with Crippen LogP contribution in [0.1, 0.15) is 232 Å². The fourth-order valence-corrected chi connectivity index (χ4v) is 8.13. The van der Waals surface area contributed by atoms with Crippen LogP contribution >= 0.6 is 0 Å². The molecule has 374 valence electrons. The van der Waals surface area contributed by atoms with Crippen molar-refractivity contribution in [1.29, 1.82) is 0 Å². The molecular weight excluding hydrogens is 805 g/mol. The molecule has 64 heavy (non-hydrogen) atoms. The number of esters is 1. The first-order chi connectivity index (χ1) is 31.4. The van der Waals surface area contributed by atoms with Crippen LogP contribution in [0.5, 0.6) is 0 Å². The number of unbranched alkanes of at least 4 members (excludes halogenated alkanes) is 27. The van der Waals surface area contributed by atoms with E-state index in [4.69, 9.17) is 18.9 Å². The van der Waals surface area contributed by atoms with Gasteiger partial charge in [-0.15, -0.1) is 0 Å². The minimum Gasteiger partial charge on any atom is -0.457 e. The standard InChI is InChI=1S/C55H100O9/c1-3-5-7-9-11-13-15-17-19-21-23-24-25-27-29-31-33-35-37-39-41-43-45-61-47-49(48-62-55-54(60)53(59)52(58)50(46-56)64-55)63-51(57)44-42-40-38-36-34-32-30-28-26-22-20-18-16-14-12-10-8-6-4-2/h5,7,11,13,17,19,23-24,49-50,52-56,58-60H,3-4,6,8-10,12,14-16,18,20-22,25-48H2,1-2H3/b7-5-,13-11-,19-17-,24-23-. The predicted molar refractivity (Wildman–Crippen MR) is 265 cm³/mol.